The van der Waals surface area contributed by atoms with Gasteiger partial charge in [-0.3, -0.25) is 5.10 Å². The maximum Gasteiger partial charge on any atom is 0.244 e. The zero-order chi connectivity index (χ0) is 18.8. The highest BCUT2D eigenvalue weighted by atomic mass is 16.5. The maximum absolute atomic E-state index is 9.75. The van der Waals surface area contributed by atoms with Crippen molar-refractivity contribution in [2.75, 3.05) is 0 Å². The molecule has 1 unspecified atom stereocenters. The van der Waals surface area contributed by atoms with Gasteiger partial charge in [-0.05, 0) is 49.8 Å². The van der Waals surface area contributed by atoms with E-state index in [1.54, 1.807) is 0 Å². The number of hydrogen-bond acceptors (Lipinski definition) is 5. The van der Waals surface area contributed by atoms with Crippen LogP contribution < -0.4 is 15.2 Å². The molecular formula is C21H24N4O2. The Labute approximate surface area is 159 Å². The summed E-state index contributed by atoms with van der Waals surface area (Å²) in [6.07, 6.45) is 6.73. The topological polar surface area (TPSA) is 97.0 Å². The van der Waals surface area contributed by atoms with E-state index in [1.165, 1.54) is 12.8 Å². The normalized spacial score (nSPS) is 19.5. The second-order valence-electron chi connectivity index (χ2n) is 7.19. The Kier molecular flexibility index (Phi) is 4.76. The van der Waals surface area contributed by atoms with Crippen LogP contribution in [0.5, 0.6) is 11.6 Å². The number of nitrogens with one attached hydrogen (secondary N) is 1. The van der Waals surface area contributed by atoms with Gasteiger partial charge in [0.05, 0.1) is 12.0 Å². The minimum atomic E-state index is -0.300. The van der Waals surface area contributed by atoms with Crippen LogP contribution in [0, 0.1) is 11.3 Å². The number of aromatic amines is 1. The molecule has 6 nitrogen and oxygen atoms in total. The molecule has 1 saturated carbocycles. The highest BCUT2D eigenvalue weighted by Gasteiger charge is 2.35. The first-order chi connectivity index (χ1) is 13.2. The molecule has 2 aromatic rings. The zero-order valence-electron chi connectivity index (χ0n) is 15.5. The molecule has 1 aliphatic heterocycles. The summed E-state index contributed by atoms with van der Waals surface area (Å²) in [6.45, 7) is 2.11. The molecule has 0 amide bonds. The van der Waals surface area contributed by atoms with Crippen LogP contribution in [-0.4, -0.2) is 16.3 Å². The molecule has 4 rings (SSSR count). The number of allylic oxidation sites excluding steroid dienone is 1. The van der Waals surface area contributed by atoms with Gasteiger partial charge in [-0.25, -0.2) is 0 Å². The van der Waals surface area contributed by atoms with Crippen LogP contribution in [0.2, 0.25) is 0 Å². The van der Waals surface area contributed by atoms with Gasteiger partial charge in [-0.1, -0.05) is 25.5 Å². The van der Waals surface area contributed by atoms with E-state index in [2.05, 4.69) is 23.2 Å². The summed E-state index contributed by atoms with van der Waals surface area (Å²) in [5.74, 6) is 1.11. The van der Waals surface area contributed by atoms with Gasteiger partial charge in [0.15, 0.2) is 0 Å². The van der Waals surface area contributed by atoms with E-state index in [0.717, 1.165) is 48.3 Å². The van der Waals surface area contributed by atoms with Crippen LogP contribution >= 0.6 is 0 Å². The highest BCUT2D eigenvalue weighted by molar-refractivity contribution is 5.56. The van der Waals surface area contributed by atoms with Crippen molar-refractivity contribution in [1.82, 2.24) is 10.2 Å². The van der Waals surface area contributed by atoms with E-state index in [9.17, 15) is 5.26 Å². The van der Waals surface area contributed by atoms with Crippen LogP contribution in [0.1, 0.15) is 61.8 Å². The number of benzene rings is 1. The molecule has 0 radical (unpaired) electrons. The molecule has 2 aliphatic rings. The predicted molar refractivity (Wildman–Crippen MR) is 101 cm³/mol. The number of fused-ring (bicyclic) bond motifs is 1. The van der Waals surface area contributed by atoms with Gasteiger partial charge in [0.25, 0.3) is 0 Å². The highest BCUT2D eigenvalue weighted by Crippen LogP contribution is 2.43. The van der Waals surface area contributed by atoms with Crippen molar-refractivity contribution in [3.05, 3.63) is 52.5 Å². The van der Waals surface area contributed by atoms with E-state index in [1.807, 2.05) is 24.3 Å². The lowest BCUT2D eigenvalue weighted by Crippen LogP contribution is -2.21. The molecule has 1 fully saturated rings. The molecule has 140 valence electrons. The van der Waals surface area contributed by atoms with Crippen LogP contribution in [0.25, 0.3) is 0 Å². The molecule has 0 spiro atoms. The van der Waals surface area contributed by atoms with Gasteiger partial charge in [0.2, 0.25) is 11.8 Å². The van der Waals surface area contributed by atoms with Crippen LogP contribution in [-0.2, 0) is 6.42 Å². The molecule has 3 N–H and O–H groups in total. The SMILES string of the molecule is CCCc1[nH]nc2c1C(c1cccc(OC3CCCC3)c1)C(C#N)=C(N)O2. The first-order valence-corrected chi connectivity index (χ1v) is 9.62. The number of nitrogens with two attached hydrogens (primary N) is 1. The summed E-state index contributed by atoms with van der Waals surface area (Å²) in [6, 6.07) is 10.2. The van der Waals surface area contributed by atoms with E-state index in [0.29, 0.717) is 11.5 Å². The minimum Gasteiger partial charge on any atom is -0.490 e. The van der Waals surface area contributed by atoms with Gasteiger partial charge in [0, 0.05) is 11.3 Å². The van der Waals surface area contributed by atoms with Crippen molar-refractivity contribution in [1.29, 1.82) is 5.26 Å². The number of aryl methyl sites for hydroxylation is 1. The Morgan fingerprint density at radius 1 is 1.37 bits per heavy atom. The molecule has 0 saturated heterocycles. The van der Waals surface area contributed by atoms with E-state index in [-0.39, 0.29) is 17.9 Å². The van der Waals surface area contributed by atoms with E-state index >= 15 is 0 Å². The summed E-state index contributed by atoms with van der Waals surface area (Å²) in [4.78, 5) is 0. The van der Waals surface area contributed by atoms with Crippen molar-refractivity contribution in [3.8, 4) is 17.7 Å². The number of H-pyrrole nitrogens is 1. The van der Waals surface area contributed by atoms with Gasteiger partial charge in [-0.15, -0.1) is 5.10 Å². The molecule has 1 aromatic heterocycles. The summed E-state index contributed by atoms with van der Waals surface area (Å²) >= 11 is 0. The summed E-state index contributed by atoms with van der Waals surface area (Å²) in [7, 11) is 0. The van der Waals surface area contributed by atoms with E-state index in [4.69, 9.17) is 15.2 Å². The fourth-order valence-electron chi connectivity index (χ4n) is 4.05. The maximum atomic E-state index is 9.75. The summed E-state index contributed by atoms with van der Waals surface area (Å²) < 4.78 is 11.8. The van der Waals surface area contributed by atoms with Gasteiger partial charge < -0.3 is 15.2 Å². The smallest absolute Gasteiger partial charge is 0.244 e. The van der Waals surface area contributed by atoms with Crippen molar-refractivity contribution in [2.45, 2.75) is 57.5 Å². The first-order valence-electron chi connectivity index (χ1n) is 9.62. The lowest BCUT2D eigenvalue weighted by Gasteiger charge is -2.24. The van der Waals surface area contributed by atoms with Gasteiger partial charge >= 0.3 is 0 Å². The number of nitrogens with zero attached hydrogens (tertiary/aromatic N) is 2. The molecule has 1 aromatic carbocycles. The third-order valence-electron chi connectivity index (χ3n) is 5.31. The molecule has 27 heavy (non-hydrogen) atoms. The summed E-state index contributed by atoms with van der Waals surface area (Å²) in [5.41, 5.74) is 9.31. The predicted octanol–water partition coefficient (Wildman–Crippen LogP) is 3.90. The monoisotopic (exact) mass is 364 g/mol. The number of nitriles is 1. The van der Waals surface area contributed by atoms with Crippen molar-refractivity contribution in [3.63, 3.8) is 0 Å². The first kappa shape index (κ1) is 17.5. The lowest BCUT2D eigenvalue weighted by molar-refractivity contribution is 0.210. The quantitative estimate of drug-likeness (QED) is 0.838. The second kappa shape index (κ2) is 7.36. The lowest BCUT2D eigenvalue weighted by atomic mass is 9.83. The average molecular weight is 364 g/mol. The number of hydrogen-bond donors (Lipinski definition) is 2. The zero-order valence-corrected chi connectivity index (χ0v) is 15.5. The average Bonchev–Trinajstić information content (AvgIpc) is 3.31. The third-order valence-corrected chi connectivity index (χ3v) is 5.31. The minimum absolute atomic E-state index is 0.117. The number of rotatable bonds is 5. The fourth-order valence-corrected chi connectivity index (χ4v) is 4.05. The molecule has 0 bridgehead atoms. The van der Waals surface area contributed by atoms with E-state index < -0.39 is 0 Å². The molecular weight excluding hydrogens is 340 g/mol. The number of aromatic nitrogens is 2. The summed E-state index contributed by atoms with van der Waals surface area (Å²) in [5, 5.41) is 17.1. The van der Waals surface area contributed by atoms with Gasteiger partial charge in [-0.2, -0.15) is 5.26 Å². The molecule has 1 aliphatic carbocycles. The van der Waals surface area contributed by atoms with Crippen molar-refractivity contribution >= 4 is 0 Å². The molecule has 1 atom stereocenters. The van der Waals surface area contributed by atoms with Crippen LogP contribution in [0.15, 0.2) is 35.7 Å². The Hall–Kier alpha value is -2.94. The van der Waals surface area contributed by atoms with Crippen LogP contribution in [0.4, 0.5) is 0 Å². The van der Waals surface area contributed by atoms with Crippen LogP contribution in [0.3, 0.4) is 0 Å². The second-order valence-corrected chi connectivity index (χ2v) is 7.19. The van der Waals surface area contributed by atoms with Crippen molar-refractivity contribution in [2.24, 2.45) is 5.73 Å². The Morgan fingerprint density at radius 3 is 2.93 bits per heavy atom. The Balaban J connectivity index is 1.75. The Morgan fingerprint density at radius 2 is 2.19 bits per heavy atom. The van der Waals surface area contributed by atoms with Gasteiger partial charge in [0.1, 0.15) is 17.4 Å². The standard InChI is InChI=1S/C21H24N4O2/c1-2-6-17-19-18(16(12-22)20(23)27-21(19)25-24-17)13-7-5-10-15(11-13)26-14-8-3-4-9-14/h5,7,10-11,14,18H,2-4,6,8-9,23H2,1H3,(H,24,25). The fraction of sp³-hybridized carbons (Fsp3) is 0.429. The number of ether oxygens (including phenoxy) is 2. The van der Waals surface area contributed by atoms with Crippen molar-refractivity contribution < 1.29 is 9.47 Å². The Bertz CT molecular complexity index is 903. The third kappa shape index (κ3) is 3.25. The molecule has 2 heterocycles. The largest absolute Gasteiger partial charge is 0.490 e. The molecule has 6 heteroatoms.